The van der Waals surface area contributed by atoms with Crippen LogP contribution in [0, 0.1) is 11.8 Å². The standard InChI is InChI=1S/C87H170O17P2/c1-7-11-13-15-17-19-21-23-25-27-29-31-36-40-44-51-57-63-69-84(89)97-75-82(103-86(91)72-66-60-54-46-42-38-34-33-35-39-43-49-55-61-67-79(5)9-3)77-101-105(93,94)99-73-81(88)74-100-106(95,96)102-78-83(76-98-85(90)70-64-58-52-48-47-50-56-62-68-80(6)10-4)104-87(92)71-65-59-53-45-41-37-32-30-28-26-24-22-20-18-16-14-12-8-2/h79-83,88H,7-78H2,1-6H3,(H,93,94)(H,95,96)/t79?,80?,81-,82-,83-/m1/s1. The Hall–Kier alpha value is -1.94. The maximum atomic E-state index is 13.2. The van der Waals surface area contributed by atoms with Crippen molar-refractivity contribution in [2.24, 2.45) is 11.8 Å². The minimum absolute atomic E-state index is 0.108. The molecule has 0 saturated heterocycles. The van der Waals surface area contributed by atoms with Crippen LogP contribution in [0.15, 0.2) is 0 Å². The number of hydrogen-bond acceptors (Lipinski definition) is 15. The molecule has 7 atom stereocenters. The van der Waals surface area contributed by atoms with E-state index in [-0.39, 0.29) is 25.7 Å². The lowest BCUT2D eigenvalue weighted by molar-refractivity contribution is -0.161. The Morgan fingerprint density at radius 1 is 0.264 bits per heavy atom. The molecule has 0 saturated carbocycles. The molecule has 19 heteroatoms. The van der Waals surface area contributed by atoms with Crippen LogP contribution in [0.4, 0.5) is 0 Å². The minimum atomic E-state index is -4.97. The molecule has 0 aliphatic rings. The lowest BCUT2D eigenvalue weighted by atomic mass is 9.99. The highest BCUT2D eigenvalue weighted by atomic mass is 31.2. The van der Waals surface area contributed by atoms with E-state index in [1.807, 2.05) is 0 Å². The monoisotopic (exact) mass is 1550 g/mol. The Balaban J connectivity index is 5.26. The topological polar surface area (TPSA) is 237 Å². The first-order valence-corrected chi connectivity index (χ1v) is 48.1. The Labute approximate surface area is 651 Å². The fourth-order valence-corrected chi connectivity index (χ4v) is 15.1. The Bertz CT molecular complexity index is 2030. The number of rotatable bonds is 86. The molecule has 0 bridgehead atoms. The molecule has 17 nitrogen and oxygen atoms in total. The Morgan fingerprint density at radius 3 is 0.670 bits per heavy atom. The number of esters is 4. The van der Waals surface area contributed by atoms with Crippen LogP contribution in [0.2, 0.25) is 0 Å². The number of aliphatic hydroxyl groups is 1. The van der Waals surface area contributed by atoms with E-state index in [4.69, 9.17) is 37.0 Å². The van der Waals surface area contributed by atoms with Crippen molar-refractivity contribution in [1.29, 1.82) is 0 Å². The smallest absolute Gasteiger partial charge is 0.462 e. The second-order valence-corrected chi connectivity index (χ2v) is 34.7. The summed E-state index contributed by atoms with van der Waals surface area (Å²) >= 11 is 0. The molecular weight excluding hydrogens is 1380 g/mol. The predicted molar refractivity (Wildman–Crippen MR) is 437 cm³/mol. The molecule has 0 aliphatic heterocycles. The van der Waals surface area contributed by atoms with Crippen molar-refractivity contribution < 1.29 is 80.2 Å². The van der Waals surface area contributed by atoms with Gasteiger partial charge in [-0.25, -0.2) is 9.13 Å². The molecule has 4 unspecified atom stereocenters. The summed E-state index contributed by atoms with van der Waals surface area (Å²) in [6, 6.07) is 0. The van der Waals surface area contributed by atoms with Crippen molar-refractivity contribution in [3.8, 4) is 0 Å². The van der Waals surface area contributed by atoms with Crippen molar-refractivity contribution in [3.63, 3.8) is 0 Å². The van der Waals surface area contributed by atoms with Gasteiger partial charge < -0.3 is 33.8 Å². The summed E-state index contributed by atoms with van der Waals surface area (Å²) in [4.78, 5) is 73.3. The van der Waals surface area contributed by atoms with Crippen molar-refractivity contribution in [2.75, 3.05) is 39.6 Å². The highest BCUT2D eigenvalue weighted by Crippen LogP contribution is 2.45. The highest BCUT2D eigenvalue weighted by molar-refractivity contribution is 7.47. The van der Waals surface area contributed by atoms with Gasteiger partial charge in [0.1, 0.15) is 19.3 Å². The number of phosphoric acid groups is 2. The summed E-state index contributed by atoms with van der Waals surface area (Å²) in [7, 11) is -9.93. The first kappa shape index (κ1) is 104. The summed E-state index contributed by atoms with van der Waals surface area (Å²) in [5.74, 6) is -0.476. The van der Waals surface area contributed by atoms with Gasteiger partial charge in [-0.2, -0.15) is 0 Å². The molecule has 0 aromatic heterocycles. The molecule has 0 amide bonds. The Morgan fingerprint density at radius 2 is 0.453 bits per heavy atom. The van der Waals surface area contributed by atoms with Crippen molar-refractivity contribution in [1.82, 2.24) is 0 Å². The SMILES string of the molecule is CCCCCCCCCCCCCCCCCCCCC(=O)OC[C@H](COP(=O)(O)OC[C@@H](O)COP(=O)(O)OC[C@@H](COC(=O)CCCCCCCCCCC(C)CC)OC(=O)CCCCCCCCCCCCCCCCCCCC)OC(=O)CCCCCCCCCCCCCCCCC(C)CC. The second kappa shape index (κ2) is 78.3. The van der Waals surface area contributed by atoms with Crippen LogP contribution in [0.1, 0.15) is 465 Å². The maximum absolute atomic E-state index is 13.2. The predicted octanol–water partition coefficient (Wildman–Crippen LogP) is 26.6. The fourth-order valence-electron chi connectivity index (χ4n) is 13.5. The van der Waals surface area contributed by atoms with Gasteiger partial charge in [-0.3, -0.25) is 37.3 Å². The van der Waals surface area contributed by atoms with E-state index in [0.717, 1.165) is 102 Å². The van der Waals surface area contributed by atoms with Gasteiger partial charge in [-0.05, 0) is 37.5 Å². The third kappa shape index (κ3) is 77.4. The van der Waals surface area contributed by atoms with E-state index in [2.05, 4.69) is 41.5 Å². The van der Waals surface area contributed by atoms with Gasteiger partial charge in [-0.15, -0.1) is 0 Å². The lowest BCUT2D eigenvalue weighted by Gasteiger charge is -2.21. The van der Waals surface area contributed by atoms with Crippen molar-refractivity contribution in [3.05, 3.63) is 0 Å². The maximum Gasteiger partial charge on any atom is 0.472 e. The van der Waals surface area contributed by atoms with Gasteiger partial charge in [0.15, 0.2) is 12.2 Å². The summed E-state index contributed by atoms with van der Waals surface area (Å²) in [5.41, 5.74) is 0. The summed E-state index contributed by atoms with van der Waals surface area (Å²) in [6.07, 6.45) is 70.6. The van der Waals surface area contributed by atoms with Crippen LogP contribution in [0.25, 0.3) is 0 Å². The van der Waals surface area contributed by atoms with Crippen molar-refractivity contribution in [2.45, 2.75) is 484 Å². The second-order valence-electron chi connectivity index (χ2n) is 31.8. The summed E-state index contributed by atoms with van der Waals surface area (Å²) in [5, 5.41) is 10.7. The molecule has 106 heavy (non-hydrogen) atoms. The molecule has 0 radical (unpaired) electrons. The summed E-state index contributed by atoms with van der Waals surface area (Å²) in [6.45, 7) is 9.74. The van der Waals surface area contributed by atoms with Gasteiger partial charge in [-0.1, -0.05) is 414 Å². The lowest BCUT2D eigenvalue weighted by Crippen LogP contribution is -2.30. The van der Waals surface area contributed by atoms with Crippen LogP contribution >= 0.6 is 15.6 Å². The summed E-state index contributed by atoms with van der Waals surface area (Å²) < 4.78 is 69.0. The number of unbranched alkanes of at least 4 members (excludes halogenated alkanes) is 54. The van der Waals surface area contributed by atoms with E-state index >= 15 is 0 Å². The normalized spacial score (nSPS) is 14.3. The molecule has 0 rings (SSSR count). The number of ether oxygens (including phenoxy) is 4. The highest BCUT2D eigenvalue weighted by Gasteiger charge is 2.30. The molecule has 630 valence electrons. The van der Waals surface area contributed by atoms with E-state index in [9.17, 15) is 43.2 Å². The van der Waals surface area contributed by atoms with Crippen molar-refractivity contribution >= 4 is 39.5 Å². The third-order valence-corrected chi connectivity index (χ3v) is 23.1. The fraction of sp³-hybridized carbons (Fsp3) is 0.954. The zero-order valence-corrected chi connectivity index (χ0v) is 71.5. The number of carbonyl (C=O) groups excluding carboxylic acids is 4. The first-order chi connectivity index (χ1) is 51.4. The van der Waals surface area contributed by atoms with Gasteiger partial charge in [0.2, 0.25) is 0 Å². The molecule has 0 fully saturated rings. The molecule has 0 aromatic carbocycles. The number of aliphatic hydroxyl groups excluding tert-OH is 1. The van der Waals surface area contributed by atoms with Crippen LogP contribution in [-0.2, 0) is 65.4 Å². The van der Waals surface area contributed by atoms with E-state index in [1.165, 1.54) is 283 Å². The molecule has 3 N–H and O–H groups in total. The first-order valence-electron chi connectivity index (χ1n) is 45.1. The van der Waals surface area contributed by atoms with Gasteiger partial charge in [0.25, 0.3) is 0 Å². The van der Waals surface area contributed by atoms with Gasteiger partial charge in [0.05, 0.1) is 26.4 Å². The average Bonchev–Trinajstić information content (AvgIpc) is 0.903. The van der Waals surface area contributed by atoms with Crippen LogP contribution < -0.4 is 0 Å². The average molecular weight is 1550 g/mol. The molecule has 0 heterocycles. The number of carbonyl (C=O) groups is 4. The zero-order chi connectivity index (χ0) is 77.8. The molecule has 0 aliphatic carbocycles. The van der Waals surface area contributed by atoms with Crippen LogP contribution in [0.3, 0.4) is 0 Å². The van der Waals surface area contributed by atoms with Gasteiger partial charge in [0, 0.05) is 25.7 Å². The van der Waals surface area contributed by atoms with Crippen LogP contribution in [0.5, 0.6) is 0 Å². The molecule has 0 spiro atoms. The largest absolute Gasteiger partial charge is 0.472 e. The molecule has 0 aromatic rings. The zero-order valence-electron chi connectivity index (χ0n) is 69.7. The molecular formula is C87H170O17P2. The quantitative estimate of drug-likeness (QED) is 0.0222. The van der Waals surface area contributed by atoms with E-state index in [0.29, 0.717) is 25.7 Å². The van der Waals surface area contributed by atoms with E-state index < -0.39 is 97.5 Å². The third-order valence-electron chi connectivity index (χ3n) is 21.2. The number of hydrogen-bond donors (Lipinski definition) is 3. The van der Waals surface area contributed by atoms with Gasteiger partial charge >= 0.3 is 39.5 Å². The minimum Gasteiger partial charge on any atom is -0.462 e. The number of phosphoric ester groups is 2. The van der Waals surface area contributed by atoms with E-state index in [1.54, 1.807) is 0 Å². The van der Waals surface area contributed by atoms with Crippen LogP contribution in [-0.4, -0.2) is 96.7 Å². The Kier molecular flexibility index (Phi) is 76.9.